The van der Waals surface area contributed by atoms with Crippen LogP contribution in [0.3, 0.4) is 0 Å². The van der Waals surface area contributed by atoms with Gasteiger partial charge in [-0.2, -0.15) is 0 Å². The van der Waals surface area contributed by atoms with Gasteiger partial charge in [-0.05, 0) is 37.9 Å². The first kappa shape index (κ1) is 12.4. The van der Waals surface area contributed by atoms with Gasteiger partial charge in [-0.25, -0.2) is 4.39 Å². The van der Waals surface area contributed by atoms with E-state index in [1.54, 1.807) is 25.1 Å². The van der Waals surface area contributed by atoms with Crippen LogP contribution in [0.4, 0.5) is 4.39 Å². The van der Waals surface area contributed by atoms with E-state index in [1.807, 2.05) is 6.07 Å². The molecule has 1 aliphatic rings. The van der Waals surface area contributed by atoms with Crippen LogP contribution in [0, 0.1) is 5.92 Å². The molecule has 1 heterocycles. The summed E-state index contributed by atoms with van der Waals surface area (Å²) in [6.07, 6.45) is 2.24. The zero-order valence-corrected chi connectivity index (χ0v) is 10.2. The van der Waals surface area contributed by atoms with E-state index in [2.05, 4.69) is 5.32 Å². The average molecular weight is 237 g/mol. The number of phenols is 1. The third kappa shape index (κ3) is 2.97. The number of phenolic OH excluding ortho intramolecular Hbond substituents is 1. The number of aromatic hydroxyl groups is 1. The molecule has 1 aromatic rings. The standard InChI is InChI=1S/C14H20FNO/c1-14(15,12-6-4-8-16-10-12)9-11-5-2-3-7-13(11)17/h2-3,5,7,12,16-17H,4,6,8-10H2,1H3. The molecule has 0 aliphatic carbocycles. The Kier molecular flexibility index (Phi) is 3.67. The van der Waals surface area contributed by atoms with Crippen molar-refractivity contribution in [3.8, 4) is 5.75 Å². The summed E-state index contributed by atoms with van der Waals surface area (Å²) in [5, 5.41) is 12.9. The lowest BCUT2D eigenvalue weighted by Gasteiger charge is -2.34. The van der Waals surface area contributed by atoms with Crippen LogP contribution in [0.15, 0.2) is 24.3 Å². The Balaban J connectivity index is 2.08. The van der Waals surface area contributed by atoms with E-state index in [0.717, 1.165) is 25.9 Å². The Bertz CT molecular complexity index is 372. The monoisotopic (exact) mass is 237 g/mol. The van der Waals surface area contributed by atoms with Gasteiger partial charge in [0, 0.05) is 18.9 Å². The lowest BCUT2D eigenvalue weighted by atomic mass is 9.81. The Hall–Kier alpha value is -1.09. The van der Waals surface area contributed by atoms with Gasteiger partial charge in [0.05, 0.1) is 0 Å². The van der Waals surface area contributed by atoms with E-state index in [4.69, 9.17) is 0 Å². The van der Waals surface area contributed by atoms with Crippen molar-refractivity contribution in [3.63, 3.8) is 0 Å². The molecular weight excluding hydrogens is 217 g/mol. The summed E-state index contributed by atoms with van der Waals surface area (Å²) in [6, 6.07) is 7.01. The number of rotatable bonds is 3. The van der Waals surface area contributed by atoms with Gasteiger partial charge < -0.3 is 10.4 Å². The molecule has 0 spiro atoms. The summed E-state index contributed by atoms with van der Waals surface area (Å²) in [5.74, 6) is 0.232. The lowest BCUT2D eigenvalue weighted by Crippen LogP contribution is -2.42. The highest BCUT2D eigenvalue weighted by Crippen LogP contribution is 2.33. The first-order valence-electron chi connectivity index (χ1n) is 6.26. The fraction of sp³-hybridized carbons (Fsp3) is 0.571. The number of para-hydroxylation sites is 1. The second-order valence-corrected chi connectivity index (χ2v) is 5.13. The van der Waals surface area contributed by atoms with Crippen molar-refractivity contribution in [3.05, 3.63) is 29.8 Å². The predicted octanol–water partition coefficient (Wildman–Crippen LogP) is 2.66. The molecule has 2 nitrogen and oxygen atoms in total. The zero-order chi connectivity index (χ0) is 12.3. The number of hydrogen-bond acceptors (Lipinski definition) is 2. The van der Waals surface area contributed by atoms with Gasteiger partial charge in [-0.15, -0.1) is 0 Å². The molecule has 2 unspecified atom stereocenters. The first-order valence-corrected chi connectivity index (χ1v) is 6.26. The van der Waals surface area contributed by atoms with Crippen LogP contribution in [0.25, 0.3) is 0 Å². The van der Waals surface area contributed by atoms with E-state index < -0.39 is 5.67 Å². The van der Waals surface area contributed by atoms with Gasteiger partial charge in [0.25, 0.3) is 0 Å². The normalized spacial score (nSPS) is 24.2. The van der Waals surface area contributed by atoms with Crippen LogP contribution >= 0.6 is 0 Å². The molecule has 1 fully saturated rings. The maximum absolute atomic E-state index is 14.7. The number of alkyl halides is 1. The molecule has 2 rings (SSSR count). The van der Waals surface area contributed by atoms with Crippen LogP contribution in [-0.4, -0.2) is 23.9 Å². The molecule has 0 aromatic heterocycles. The predicted molar refractivity (Wildman–Crippen MR) is 66.9 cm³/mol. The molecule has 0 amide bonds. The fourth-order valence-electron chi connectivity index (χ4n) is 2.54. The fourth-order valence-corrected chi connectivity index (χ4v) is 2.54. The smallest absolute Gasteiger partial charge is 0.118 e. The summed E-state index contributed by atoms with van der Waals surface area (Å²) in [7, 11) is 0. The average Bonchev–Trinajstić information content (AvgIpc) is 2.33. The summed E-state index contributed by atoms with van der Waals surface area (Å²) in [5.41, 5.74) is -0.560. The van der Waals surface area contributed by atoms with Crippen molar-refractivity contribution in [1.29, 1.82) is 0 Å². The molecular formula is C14H20FNO. The molecule has 1 saturated heterocycles. The Morgan fingerprint density at radius 1 is 1.47 bits per heavy atom. The molecule has 1 aliphatic heterocycles. The van der Waals surface area contributed by atoms with E-state index in [0.29, 0.717) is 5.56 Å². The first-order chi connectivity index (χ1) is 8.09. The van der Waals surface area contributed by atoms with Crippen molar-refractivity contribution >= 4 is 0 Å². The highest BCUT2D eigenvalue weighted by atomic mass is 19.1. The van der Waals surface area contributed by atoms with Gasteiger partial charge in [-0.1, -0.05) is 18.2 Å². The number of halogens is 1. The number of benzene rings is 1. The molecule has 0 radical (unpaired) electrons. The molecule has 1 aromatic carbocycles. The highest BCUT2D eigenvalue weighted by molar-refractivity contribution is 5.33. The van der Waals surface area contributed by atoms with Crippen molar-refractivity contribution in [2.45, 2.75) is 31.9 Å². The second-order valence-electron chi connectivity index (χ2n) is 5.13. The zero-order valence-electron chi connectivity index (χ0n) is 10.2. The third-order valence-corrected chi connectivity index (χ3v) is 3.68. The van der Waals surface area contributed by atoms with E-state index >= 15 is 0 Å². The number of piperidine rings is 1. The van der Waals surface area contributed by atoms with Crippen molar-refractivity contribution in [1.82, 2.24) is 5.32 Å². The van der Waals surface area contributed by atoms with Crippen LogP contribution in [0.5, 0.6) is 5.75 Å². The minimum absolute atomic E-state index is 0.0378. The van der Waals surface area contributed by atoms with Crippen LogP contribution in [-0.2, 0) is 6.42 Å². The minimum Gasteiger partial charge on any atom is -0.508 e. The second kappa shape index (κ2) is 5.05. The molecule has 2 N–H and O–H groups in total. The van der Waals surface area contributed by atoms with Crippen LogP contribution in [0.2, 0.25) is 0 Å². The maximum atomic E-state index is 14.7. The van der Waals surface area contributed by atoms with Gasteiger partial charge in [0.15, 0.2) is 0 Å². The van der Waals surface area contributed by atoms with Gasteiger partial charge in [0.2, 0.25) is 0 Å². The molecule has 0 saturated carbocycles. The van der Waals surface area contributed by atoms with Gasteiger partial charge in [0.1, 0.15) is 11.4 Å². The van der Waals surface area contributed by atoms with Gasteiger partial charge in [-0.3, -0.25) is 0 Å². The Morgan fingerprint density at radius 3 is 2.88 bits per heavy atom. The number of nitrogens with one attached hydrogen (secondary N) is 1. The highest BCUT2D eigenvalue weighted by Gasteiger charge is 2.35. The summed E-state index contributed by atoms with van der Waals surface area (Å²) >= 11 is 0. The third-order valence-electron chi connectivity index (χ3n) is 3.68. The van der Waals surface area contributed by atoms with Crippen molar-refractivity contribution in [2.24, 2.45) is 5.92 Å². The Morgan fingerprint density at radius 2 is 2.24 bits per heavy atom. The Labute approximate surface area is 102 Å². The molecule has 94 valence electrons. The molecule has 17 heavy (non-hydrogen) atoms. The van der Waals surface area contributed by atoms with E-state index in [9.17, 15) is 9.50 Å². The lowest BCUT2D eigenvalue weighted by molar-refractivity contribution is 0.0827. The summed E-state index contributed by atoms with van der Waals surface area (Å²) in [6.45, 7) is 3.38. The van der Waals surface area contributed by atoms with Crippen molar-refractivity contribution < 1.29 is 9.50 Å². The summed E-state index contributed by atoms with van der Waals surface area (Å²) in [4.78, 5) is 0. The quantitative estimate of drug-likeness (QED) is 0.847. The maximum Gasteiger partial charge on any atom is 0.118 e. The molecule has 3 heteroatoms. The molecule has 2 atom stereocenters. The van der Waals surface area contributed by atoms with E-state index in [1.165, 1.54) is 0 Å². The topological polar surface area (TPSA) is 32.3 Å². The largest absolute Gasteiger partial charge is 0.508 e. The minimum atomic E-state index is -1.26. The van der Waals surface area contributed by atoms with Crippen molar-refractivity contribution in [2.75, 3.05) is 13.1 Å². The van der Waals surface area contributed by atoms with Crippen LogP contribution in [0.1, 0.15) is 25.3 Å². The van der Waals surface area contributed by atoms with E-state index in [-0.39, 0.29) is 18.1 Å². The SMILES string of the molecule is CC(F)(Cc1ccccc1O)C1CCCNC1. The van der Waals surface area contributed by atoms with Gasteiger partial charge >= 0.3 is 0 Å². The summed E-state index contributed by atoms with van der Waals surface area (Å²) < 4.78 is 14.7. The van der Waals surface area contributed by atoms with Crippen LogP contribution < -0.4 is 5.32 Å². The molecule has 0 bridgehead atoms. The number of hydrogen-bond donors (Lipinski definition) is 2.